The molecule has 1 saturated carbocycles. The number of fused-ring (bicyclic) bond motifs is 1. The van der Waals surface area contributed by atoms with E-state index in [0.29, 0.717) is 27.7 Å². The molecule has 7 aromatic rings. The molecular weight excluding hydrogens is 645 g/mol. The van der Waals surface area contributed by atoms with Crippen LogP contribution in [0, 0.1) is 24.6 Å². The molecule has 0 spiro atoms. The van der Waals surface area contributed by atoms with Gasteiger partial charge >= 0.3 is 0 Å². The molecule has 1 fully saturated rings. The first-order valence-electron chi connectivity index (χ1n) is 16.6. The van der Waals surface area contributed by atoms with Crippen LogP contribution in [0.1, 0.15) is 40.8 Å². The van der Waals surface area contributed by atoms with E-state index in [1.54, 1.807) is 24.5 Å². The van der Waals surface area contributed by atoms with E-state index in [1.807, 2.05) is 37.5 Å². The third-order valence-corrected chi connectivity index (χ3v) is 10.4. The summed E-state index contributed by atoms with van der Waals surface area (Å²) in [6, 6.07) is 36.6. The lowest BCUT2D eigenvalue weighted by molar-refractivity contribution is -0.117. The fourth-order valence-corrected chi connectivity index (χ4v) is 7.71. The standard InChI is InChI=1S/C42H33ClFN5O/c1-26-18-19-45-22-33(26)32-20-28-21-36(46-23-34(28)39(43)40(32)44)48-41(50)38-27(2)37(38)35-24-49(25-47-35)42(29-12-6-3-7-13-29,30-14-8-4-9-15-30)31-16-10-5-11-17-31/h3-25,27,37-38H,1-2H3,(H,46,48,50)/t27?,37-,38+/m1/s1. The van der Waals surface area contributed by atoms with E-state index in [1.165, 1.54) is 6.20 Å². The SMILES string of the molecule is Cc1ccncc1-c1cc2cc(NC(=O)[C@H]3C(C)[C@@H]3c3cn(C(c4ccccc4)(c4ccccc4)c4ccccc4)cn3)ncc2c(Cl)c1F. The van der Waals surface area contributed by atoms with Gasteiger partial charge in [-0.05, 0) is 58.7 Å². The number of imidazole rings is 1. The highest BCUT2D eigenvalue weighted by Crippen LogP contribution is 2.54. The van der Waals surface area contributed by atoms with Crippen LogP contribution in [0.4, 0.5) is 10.2 Å². The van der Waals surface area contributed by atoms with E-state index in [4.69, 9.17) is 16.6 Å². The van der Waals surface area contributed by atoms with Crippen LogP contribution < -0.4 is 5.32 Å². The molecule has 246 valence electrons. The number of pyridine rings is 2. The largest absolute Gasteiger partial charge is 0.319 e. The first-order chi connectivity index (χ1) is 24.4. The Kier molecular flexibility index (Phi) is 8.00. The molecule has 3 aromatic heterocycles. The summed E-state index contributed by atoms with van der Waals surface area (Å²) >= 11 is 6.48. The van der Waals surface area contributed by atoms with Crippen molar-refractivity contribution in [2.24, 2.45) is 11.8 Å². The quantitative estimate of drug-likeness (QED) is 0.163. The fraction of sp³-hybridized carbons (Fsp3) is 0.143. The minimum absolute atomic E-state index is 0.0184. The van der Waals surface area contributed by atoms with Crippen LogP contribution in [0.5, 0.6) is 0 Å². The van der Waals surface area contributed by atoms with Gasteiger partial charge in [-0.25, -0.2) is 14.4 Å². The lowest BCUT2D eigenvalue weighted by atomic mass is 9.77. The summed E-state index contributed by atoms with van der Waals surface area (Å²) in [7, 11) is 0. The highest BCUT2D eigenvalue weighted by Gasteiger charge is 2.54. The van der Waals surface area contributed by atoms with E-state index in [9.17, 15) is 4.79 Å². The third-order valence-electron chi connectivity index (χ3n) is 10.1. The van der Waals surface area contributed by atoms with Crippen molar-refractivity contribution in [2.75, 3.05) is 5.32 Å². The van der Waals surface area contributed by atoms with E-state index in [-0.39, 0.29) is 28.7 Å². The van der Waals surface area contributed by atoms with Crippen LogP contribution in [-0.4, -0.2) is 25.4 Å². The van der Waals surface area contributed by atoms with Gasteiger partial charge in [0.25, 0.3) is 0 Å². The minimum Gasteiger partial charge on any atom is -0.319 e. The van der Waals surface area contributed by atoms with Crippen LogP contribution in [0.15, 0.2) is 140 Å². The van der Waals surface area contributed by atoms with Crippen molar-refractivity contribution < 1.29 is 9.18 Å². The average molecular weight is 678 g/mol. The van der Waals surface area contributed by atoms with Gasteiger partial charge in [0, 0.05) is 47.2 Å². The zero-order chi connectivity index (χ0) is 34.4. The Bertz CT molecular complexity index is 2250. The van der Waals surface area contributed by atoms with Crippen LogP contribution in [0.25, 0.3) is 21.9 Å². The number of carbonyl (C=O) groups is 1. The highest BCUT2D eigenvalue weighted by molar-refractivity contribution is 6.36. The van der Waals surface area contributed by atoms with Gasteiger partial charge in [0.1, 0.15) is 17.2 Å². The molecule has 0 saturated heterocycles. The fourth-order valence-electron chi connectivity index (χ4n) is 7.45. The molecule has 1 aliphatic rings. The number of rotatable bonds is 8. The number of halogens is 2. The zero-order valence-corrected chi connectivity index (χ0v) is 28.2. The van der Waals surface area contributed by atoms with Gasteiger partial charge in [-0.15, -0.1) is 0 Å². The number of carbonyl (C=O) groups excluding carboxylic acids is 1. The number of anilines is 1. The normalized spacial score (nSPS) is 17.1. The number of nitrogens with one attached hydrogen (secondary N) is 1. The number of benzene rings is 4. The van der Waals surface area contributed by atoms with Gasteiger partial charge in [-0.3, -0.25) is 9.78 Å². The van der Waals surface area contributed by atoms with Crippen molar-refractivity contribution in [2.45, 2.75) is 25.3 Å². The monoisotopic (exact) mass is 677 g/mol. The highest BCUT2D eigenvalue weighted by atomic mass is 35.5. The number of amides is 1. The molecule has 1 unspecified atom stereocenters. The predicted octanol–water partition coefficient (Wildman–Crippen LogP) is 9.42. The lowest BCUT2D eigenvalue weighted by Crippen LogP contribution is -2.36. The minimum atomic E-state index is -0.687. The van der Waals surface area contributed by atoms with Crippen molar-refractivity contribution >= 4 is 34.1 Å². The second-order valence-corrected chi connectivity index (χ2v) is 13.3. The van der Waals surface area contributed by atoms with Gasteiger partial charge in [-0.2, -0.15) is 0 Å². The molecule has 0 aliphatic heterocycles. The van der Waals surface area contributed by atoms with E-state index >= 15 is 4.39 Å². The van der Waals surface area contributed by atoms with Gasteiger partial charge in [0.15, 0.2) is 0 Å². The Morgan fingerprint density at radius 3 is 2.06 bits per heavy atom. The smallest absolute Gasteiger partial charge is 0.229 e. The summed E-state index contributed by atoms with van der Waals surface area (Å²) < 4.78 is 17.5. The van der Waals surface area contributed by atoms with Crippen LogP contribution in [-0.2, 0) is 10.3 Å². The number of aromatic nitrogens is 4. The summed E-state index contributed by atoms with van der Waals surface area (Å²) in [6.45, 7) is 3.97. The third kappa shape index (κ3) is 5.26. The molecule has 3 heterocycles. The van der Waals surface area contributed by atoms with Crippen LogP contribution in [0.2, 0.25) is 5.02 Å². The maximum atomic E-state index is 15.4. The zero-order valence-electron chi connectivity index (χ0n) is 27.5. The van der Waals surface area contributed by atoms with Gasteiger partial charge in [0.2, 0.25) is 5.91 Å². The maximum absolute atomic E-state index is 15.4. The van der Waals surface area contributed by atoms with Crippen LogP contribution >= 0.6 is 11.6 Å². The van der Waals surface area contributed by atoms with Crippen molar-refractivity contribution in [1.82, 2.24) is 19.5 Å². The van der Waals surface area contributed by atoms with Crippen molar-refractivity contribution in [1.29, 1.82) is 0 Å². The average Bonchev–Trinajstić information content (AvgIpc) is 3.58. The van der Waals surface area contributed by atoms with Crippen molar-refractivity contribution in [3.05, 3.63) is 179 Å². The second-order valence-electron chi connectivity index (χ2n) is 12.9. The molecule has 0 radical (unpaired) electrons. The summed E-state index contributed by atoms with van der Waals surface area (Å²) in [5.41, 5.74) is 5.35. The summed E-state index contributed by atoms with van der Waals surface area (Å²) in [5, 5.41) is 4.13. The number of nitrogens with zero attached hydrogens (tertiary/aromatic N) is 4. The number of hydrogen-bond donors (Lipinski definition) is 1. The van der Waals surface area contributed by atoms with Gasteiger partial charge in [-0.1, -0.05) is 110 Å². The Hall–Kier alpha value is -5.66. The topological polar surface area (TPSA) is 72.7 Å². The molecular formula is C42H33ClFN5O. The summed E-state index contributed by atoms with van der Waals surface area (Å²) in [4.78, 5) is 27.3. The van der Waals surface area contributed by atoms with E-state index < -0.39 is 11.4 Å². The van der Waals surface area contributed by atoms with Gasteiger partial charge < -0.3 is 9.88 Å². The molecule has 3 atom stereocenters. The lowest BCUT2D eigenvalue weighted by Gasteiger charge is -2.37. The van der Waals surface area contributed by atoms with E-state index in [2.05, 4.69) is 106 Å². The number of aryl methyl sites for hydroxylation is 1. The van der Waals surface area contributed by atoms with Gasteiger partial charge in [0.05, 0.1) is 23.0 Å². The predicted molar refractivity (Wildman–Crippen MR) is 196 cm³/mol. The molecule has 1 amide bonds. The Balaban J connectivity index is 1.11. The molecule has 4 aromatic carbocycles. The summed E-state index contributed by atoms with van der Waals surface area (Å²) in [5.74, 6) is -0.582. The maximum Gasteiger partial charge on any atom is 0.229 e. The molecule has 50 heavy (non-hydrogen) atoms. The summed E-state index contributed by atoms with van der Waals surface area (Å²) in [6.07, 6.45) is 8.77. The molecule has 8 rings (SSSR count). The Morgan fingerprint density at radius 2 is 1.46 bits per heavy atom. The van der Waals surface area contributed by atoms with E-state index in [0.717, 1.165) is 27.9 Å². The van der Waals surface area contributed by atoms with Crippen LogP contribution in [0.3, 0.4) is 0 Å². The Labute approximate surface area is 294 Å². The van der Waals surface area contributed by atoms with Crippen molar-refractivity contribution in [3.63, 3.8) is 0 Å². The first kappa shape index (κ1) is 31.6. The second kappa shape index (κ2) is 12.7. The molecule has 0 bridgehead atoms. The van der Waals surface area contributed by atoms with Crippen molar-refractivity contribution in [3.8, 4) is 11.1 Å². The molecule has 1 aliphatic carbocycles. The molecule has 6 nitrogen and oxygen atoms in total. The molecule has 1 N–H and O–H groups in total. The molecule has 8 heteroatoms. The first-order valence-corrected chi connectivity index (χ1v) is 17.0. The Morgan fingerprint density at radius 1 is 0.840 bits per heavy atom. The number of hydrogen-bond acceptors (Lipinski definition) is 4.